The lowest BCUT2D eigenvalue weighted by Gasteiger charge is -2.26. The van der Waals surface area contributed by atoms with Crippen LogP contribution in [0.25, 0.3) is 0 Å². The van der Waals surface area contributed by atoms with Gasteiger partial charge in [0.1, 0.15) is 9.86 Å². The predicted molar refractivity (Wildman–Crippen MR) is 65.1 cm³/mol. The van der Waals surface area contributed by atoms with E-state index < -0.39 is 17.3 Å². The minimum absolute atomic E-state index is 0.176. The van der Waals surface area contributed by atoms with E-state index in [0.717, 1.165) is 0 Å². The topological polar surface area (TPSA) is 55.4 Å². The maximum absolute atomic E-state index is 11.7. The van der Waals surface area contributed by atoms with Gasteiger partial charge in [-0.2, -0.15) is 0 Å². The molecule has 0 aromatic rings. The zero-order valence-corrected chi connectivity index (χ0v) is 10.7. The van der Waals surface area contributed by atoms with Gasteiger partial charge in [0.15, 0.2) is 0 Å². The number of carbonyl (C=O) groups excluding carboxylic acids is 2. The molecular weight excluding hydrogens is 234 g/mol. The van der Waals surface area contributed by atoms with Crippen molar-refractivity contribution < 1.29 is 14.3 Å². The van der Waals surface area contributed by atoms with Crippen molar-refractivity contribution in [1.29, 1.82) is 0 Å². The summed E-state index contributed by atoms with van der Waals surface area (Å²) in [5.74, 6) is -1.48. The molecule has 0 aliphatic heterocycles. The Morgan fingerprint density at radius 2 is 2.00 bits per heavy atom. The second-order valence-corrected chi connectivity index (χ2v) is 4.32. The quantitative estimate of drug-likeness (QED) is 0.331. The van der Waals surface area contributed by atoms with Crippen molar-refractivity contribution in [3.8, 4) is 0 Å². The van der Waals surface area contributed by atoms with Crippen molar-refractivity contribution in [1.82, 2.24) is 5.32 Å². The third kappa shape index (κ3) is 4.17. The first-order valence-corrected chi connectivity index (χ1v) is 5.45. The summed E-state index contributed by atoms with van der Waals surface area (Å²) in [6.07, 6.45) is 0.422. The molecule has 0 aromatic carbocycles. The molecule has 0 bridgehead atoms. The molecule has 0 rings (SSSR count). The monoisotopic (exact) mass is 249 g/mol. The van der Waals surface area contributed by atoms with Gasteiger partial charge in [0.05, 0.1) is 6.61 Å². The maximum atomic E-state index is 11.7. The molecule has 0 aliphatic rings. The third-order valence-corrected chi connectivity index (χ3v) is 2.27. The Morgan fingerprint density at radius 1 is 1.47 bits per heavy atom. The van der Waals surface area contributed by atoms with Crippen molar-refractivity contribution in [2.75, 3.05) is 6.61 Å². The molecule has 0 spiro atoms. The maximum Gasteiger partial charge on any atom is 0.377 e. The van der Waals surface area contributed by atoms with Crippen molar-refractivity contribution in [2.24, 2.45) is 0 Å². The minimum atomic E-state index is -1.04. The zero-order valence-electron chi connectivity index (χ0n) is 8.99. The SMILES string of the molecule is CCOC(=O)C(=O)C(C)(CC)NC(=S)S. The molecular formula is C9H15NO3S2. The number of rotatable bonds is 5. The average Bonchev–Trinajstić information content (AvgIpc) is 2.15. The van der Waals surface area contributed by atoms with Crippen LogP contribution in [-0.4, -0.2) is 28.2 Å². The summed E-state index contributed by atoms with van der Waals surface area (Å²) in [5, 5.41) is 2.69. The highest BCUT2D eigenvalue weighted by atomic mass is 32.1. The number of ether oxygens (including phenoxy) is 1. The lowest BCUT2D eigenvalue weighted by atomic mass is 9.93. The van der Waals surface area contributed by atoms with Crippen LogP contribution in [0.4, 0.5) is 0 Å². The van der Waals surface area contributed by atoms with Crippen molar-refractivity contribution in [2.45, 2.75) is 32.7 Å². The lowest BCUT2D eigenvalue weighted by Crippen LogP contribution is -2.53. The van der Waals surface area contributed by atoms with E-state index in [2.05, 4.69) is 22.7 Å². The van der Waals surface area contributed by atoms with E-state index >= 15 is 0 Å². The number of Topliss-reactive ketones (excluding diaryl/α,β-unsaturated/α-hetero) is 1. The number of thiol groups is 1. The van der Waals surface area contributed by atoms with Crippen LogP contribution in [0, 0.1) is 0 Å². The molecule has 1 atom stereocenters. The number of carbonyl (C=O) groups is 2. The largest absolute Gasteiger partial charge is 0.460 e. The smallest absolute Gasteiger partial charge is 0.377 e. The molecule has 0 fully saturated rings. The average molecular weight is 249 g/mol. The van der Waals surface area contributed by atoms with E-state index in [1.807, 2.05) is 0 Å². The van der Waals surface area contributed by atoms with Gasteiger partial charge < -0.3 is 10.1 Å². The molecule has 0 aliphatic carbocycles. The molecule has 6 heteroatoms. The van der Waals surface area contributed by atoms with Gasteiger partial charge in [-0.25, -0.2) is 4.79 Å². The number of hydrogen-bond donors (Lipinski definition) is 2. The van der Waals surface area contributed by atoms with Crippen LogP contribution in [0.15, 0.2) is 0 Å². The van der Waals surface area contributed by atoms with Crippen LogP contribution in [0.5, 0.6) is 0 Å². The summed E-state index contributed by atoms with van der Waals surface area (Å²) in [6, 6.07) is 0. The summed E-state index contributed by atoms with van der Waals surface area (Å²) < 4.78 is 4.81. The molecule has 1 N–H and O–H groups in total. The first-order valence-electron chi connectivity index (χ1n) is 4.60. The summed E-state index contributed by atoms with van der Waals surface area (Å²) in [5.41, 5.74) is -1.04. The van der Waals surface area contributed by atoms with E-state index in [9.17, 15) is 9.59 Å². The Kier molecular flexibility index (Phi) is 5.82. The molecule has 0 saturated heterocycles. The van der Waals surface area contributed by atoms with Gasteiger partial charge in [-0.15, -0.1) is 12.6 Å². The van der Waals surface area contributed by atoms with Crippen molar-refractivity contribution >= 4 is 40.9 Å². The Labute approximate surface area is 100 Å². The van der Waals surface area contributed by atoms with E-state index in [-0.39, 0.29) is 10.9 Å². The second-order valence-electron chi connectivity index (χ2n) is 3.17. The Bertz CT molecular complexity index is 281. The lowest BCUT2D eigenvalue weighted by molar-refractivity contribution is -0.156. The van der Waals surface area contributed by atoms with Gasteiger partial charge in [-0.3, -0.25) is 4.79 Å². The van der Waals surface area contributed by atoms with Crippen LogP contribution in [0.2, 0.25) is 0 Å². The molecule has 0 saturated carbocycles. The Balaban J connectivity index is 4.71. The number of esters is 1. The van der Waals surface area contributed by atoms with E-state index in [4.69, 9.17) is 12.2 Å². The summed E-state index contributed by atoms with van der Waals surface area (Å²) in [4.78, 5) is 22.9. The standard InChI is InChI=1S/C9H15NO3S2/c1-4-9(3,10-8(14)15)6(11)7(12)13-5-2/h4-5H2,1-3H3,(H2,10,14,15). The number of nitrogens with one attached hydrogen (secondary N) is 1. The molecule has 4 nitrogen and oxygen atoms in total. The number of thiocarbonyl (C=S) groups is 1. The number of hydrogen-bond acceptors (Lipinski definition) is 4. The molecule has 1 unspecified atom stereocenters. The van der Waals surface area contributed by atoms with Crippen LogP contribution in [-0.2, 0) is 14.3 Å². The van der Waals surface area contributed by atoms with Crippen LogP contribution < -0.4 is 5.32 Å². The molecule has 0 aromatic heterocycles. The molecule has 0 radical (unpaired) electrons. The van der Waals surface area contributed by atoms with Gasteiger partial charge in [0.2, 0.25) is 0 Å². The summed E-state index contributed by atoms with van der Waals surface area (Å²) in [6.45, 7) is 5.19. The molecule has 15 heavy (non-hydrogen) atoms. The molecule has 86 valence electrons. The summed E-state index contributed by atoms with van der Waals surface area (Å²) in [7, 11) is 0. The van der Waals surface area contributed by atoms with E-state index in [1.54, 1.807) is 20.8 Å². The summed E-state index contributed by atoms with van der Waals surface area (Å²) >= 11 is 8.61. The fourth-order valence-corrected chi connectivity index (χ4v) is 1.44. The molecule has 0 amide bonds. The van der Waals surface area contributed by atoms with Gasteiger partial charge in [-0.1, -0.05) is 19.1 Å². The Morgan fingerprint density at radius 3 is 2.33 bits per heavy atom. The predicted octanol–water partition coefficient (Wildman–Crippen LogP) is 1.09. The second kappa shape index (κ2) is 6.07. The highest BCUT2D eigenvalue weighted by Gasteiger charge is 2.37. The minimum Gasteiger partial charge on any atom is -0.460 e. The first-order chi connectivity index (χ1) is 6.87. The first kappa shape index (κ1) is 14.4. The highest BCUT2D eigenvalue weighted by molar-refractivity contribution is 8.11. The van der Waals surface area contributed by atoms with E-state index in [0.29, 0.717) is 6.42 Å². The van der Waals surface area contributed by atoms with Crippen LogP contribution >= 0.6 is 24.8 Å². The van der Waals surface area contributed by atoms with Crippen molar-refractivity contribution in [3.63, 3.8) is 0 Å². The van der Waals surface area contributed by atoms with Gasteiger partial charge in [0.25, 0.3) is 5.78 Å². The van der Waals surface area contributed by atoms with Gasteiger partial charge in [-0.05, 0) is 20.3 Å². The van der Waals surface area contributed by atoms with Crippen LogP contribution in [0.3, 0.4) is 0 Å². The Hall–Kier alpha value is -0.620. The normalized spacial score (nSPS) is 13.9. The van der Waals surface area contributed by atoms with Gasteiger partial charge in [0, 0.05) is 0 Å². The molecule has 0 heterocycles. The van der Waals surface area contributed by atoms with Crippen molar-refractivity contribution in [3.05, 3.63) is 0 Å². The number of ketones is 1. The van der Waals surface area contributed by atoms with E-state index in [1.165, 1.54) is 0 Å². The fourth-order valence-electron chi connectivity index (χ4n) is 0.964. The highest BCUT2D eigenvalue weighted by Crippen LogP contribution is 2.12. The van der Waals surface area contributed by atoms with Gasteiger partial charge >= 0.3 is 5.97 Å². The zero-order chi connectivity index (χ0) is 12.1. The fraction of sp³-hybridized carbons (Fsp3) is 0.667. The third-order valence-electron chi connectivity index (χ3n) is 2.05. The van der Waals surface area contributed by atoms with Crippen LogP contribution in [0.1, 0.15) is 27.2 Å².